The molecule has 7 heteroatoms. The van der Waals surface area contributed by atoms with Crippen molar-refractivity contribution in [3.8, 4) is 12.0 Å². The molecule has 28 heavy (non-hydrogen) atoms. The van der Waals surface area contributed by atoms with Crippen molar-refractivity contribution in [1.82, 2.24) is 4.57 Å². The van der Waals surface area contributed by atoms with E-state index in [0.29, 0.717) is 5.69 Å². The molecule has 1 N–H and O–H groups in total. The van der Waals surface area contributed by atoms with E-state index in [2.05, 4.69) is 5.32 Å². The molecule has 0 radical (unpaired) electrons. The average Bonchev–Trinajstić information content (AvgIpc) is 3.30. The number of aryl methyl sites for hydroxylation is 2. The van der Waals surface area contributed by atoms with Crippen LogP contribution < -0.4 is 5.32 Å². The summed E-state index contributed by atoms with van der Waals surface area (Å²) in [7, 11) is 0. The average molecular weight is 377 g/mol. The summed E-state index contributed by atoms with van der Waals surface area (Å²) in [5.41, 5.74) is 1.74. The van der Waals surface area contributed by atoms with Crippen molar-refractivity contribution in [2.45, 2.75) is 26.9 Å². The fourth-order valence-electron chi connectivity index (χ4n) is 2.69. The maximum Gasteiger partial charge on any atom is 0.343 e. The lowest BCUT2D eigenvalue weighted by Gasteiger charge is -2.13. The van der Waals surface area contributed by atoms with Gasteiger partial charge in [0, 0.05) is 18.1 Å². The minimum atomic E-state index is -1.05. The van der Waals surface area contributed by atoms with Gasteiger partial charge in [-0.05, 0) is 45.0 Å². The van der Waals surface area contributed by atoms with Crippen molar-refractivity contribution in [2.75, 3.05) is 5.32 Å². The Morgan fingerprint density at radius 3 is 2.43 bits per heavy atom. The highest BCUT2D eigenvalue weighted by Gasteiger charge is 2.28. The number of amides is 1. The molecule has 1 amide bonds. The number of benzene rings is 1. The van der Waals surface area contributed by atoms with Gasteiger partial charge in [0.05, 0.1) is 0 Å². The molecular formula is C21H19N3O4. The zero-order chi connectivity index (χ0) is 20.3. The quantitative estimate of drug-likeness (QED) is 0.683. The second kappa shape index (κ2) is 7.84. The summed E-state index contributed by atoms with van der Waals surface area (Å²) in [6.45, 7) is 4.98. The smallest absolute Gasteiger partial charge is 0.343 e. The molecule has 0 saturated heterocycles. The largest absolute Gasteiger partial charge is 0.449 e. The molecule has 2 heterocycles. The van der Waals surface area contributed by atoms with Gasteiger partial charge in [0.2, 0.25) is 5.88 Å². The summed E-state index contributed by atoms with van der Waals surface area (Å²) >= 11 is 0. The zero-order valence-electron chi connectivity index (χ0n) is 15.7. The van der Waals surface area contributed by atoms with Gasteiger partial charge in [-0.1, -0.05) is 17.7 Å². The fourth-order valence-corrected chi connectivity index (χ4v) is 2.69. The Bertz CT molecular complexity index is 1040. The molecule has 1 aromatic carbocycles. The first kappa shape index (κ1) is 19.0. The monoisotopic (exact) mass is 377 g/mol. The van der Waals surface area contributed by atoms with Crippen LogP contribution in [0.4, 0.5) is 5.69 Å². The molecule has 0 bridgehead atoms. The molecule has 2 aromatic heterocycles. The normalized spacial score (nSPS) is 11.5. The molecule has 0 spiro atoms. The predicted octanol–water partition coefficient (Wildman–Crippen LogP) is 3.74. The summed E-state index contributed by atoms with van der Waals surface area (Å²) in [5.74, 6) is -0.782. The van der Waals surface area contributed by atoms with Crippen LogP contribution in [0.25, 0.3) is 5.88 Å². The number of hydrogen-bond donors (Lipinski definition) is 1. The van der Waals surface area contributed by atoms with E-state index in [0.717, 1.165) is 5.56 Å². The van der Waals surface area contributed by atoms with Gasteiger partial charge in [0.1, 0.15) is 23.0 Å². The van der Waals surface area contributed by atoms with E-state index < -0.39 is 18.0 Å². The SMILES string of the molecule is Cc1ccc(NC(=O)[C@H](C)OC(=O)c2c(C)oc(-n3cccc3)c2C#N)cc1. The number of aromatic nitrogens is 1. The number of ether oxygens (including phenoxy) is 1. The highest BCUT2D eigenvalue weighted by atomic mass is 16.5. The lowest BCUT2D eigenvalue weighted by atomic mass is 10.1. The van der Waals surface area contributed by atoms with Crippen molar-refractivity contribution in [2.24, 2.45) is 0 Å². The van der Waals surface area contributed by atoms with Crippen molar-refractivity contribution >= 4 is 17.6 Å². The highest BCUT2D eigenvalue weighted by molar-refractivity contribution is 5.99. The van der Waals surface area contributed by atoms with Crippen LogP contribution >= 0.6 is 0 Å². The van der Waals surface area contributed by atoms with E-state index in [4.69, 9.17) is 9.15 Å². The van der Waals surface area contributed by atoms with E-state index in [1.807, 2.05) is 25.1 Å². The van der Waals surface area contributed by atoms with Crippen LogP contribution in [0.2, 0.25) is 0 Å². The van der Waals surface area contributed by atoms with Crippen molar-refractivity contribution in [3.63, 3.8) is 0 Å². The van der Waals surface area contributed by atoms with E-state index in [9.17, 15) is 14.9 Å². The maximum absolute atomic E-state index is 12.6. The van der Waals surface area contributed by atoms with E-state index >= 15 is 0 Å². The Morgan fingerprint density at radius 1 is 1.18 bits per heavy atom. The first-order chi connectivity index (χ1) is 13.4. The molecule has 7 nitrogen and oxygen atoms in total. The van der Waals surface area contributed by atoms with Gasteiger partial charge in [-0.2, -0.15) is 5.26 Å². The number of furan rings is 1. The number of nitrogens with one attached hydrogen (secondary N) is 1. The number of esters is 1. The lowest BCUT2D eigenvalue weighted by molar-refractivity contribution is -0.123. The number of hydrogen-bond acceptors (Lipinski definition) is 5. The van der Waals surface area contributed by atoms with Crippen LogP contribution in [0.5, 0.6) is 0 Å². The molecule has 0 unspecified atom stereocenters. The third-order valence-electron chi connectivity index (χ3n) is 4.19. The molecule has 0 aliphatic carbocycles. The topological polar surface area (TPSA) is 97.3 Å². The Hall–Kier alpha value is -3.79. The summed E-state index contributed by atoms with van der Waals surface area (Å²) in [6.07, 6.45) is 2.35. The molecule has 3 rings (SSSR count). The summed E-state index contributed by atoms with van der Waals surface area (Å²) in [4.78, 5) is 24.9. The summed E-state index contributed by atoms with van der Waals surface area (Å²) in [5, 5.41) is 12.2. The van der Waals surface area contributed by atoms with Crippen LogP contribution in [0, 0.1) is 25.2 Å². The molecule has 0 aliphatic heterocycles. The van der Waals surface area contributed by atoms with Gasteiger partial charge < -0.3 is 14.5 Å². The molecule has 0 saturated carbocycles. The minimum Gasteiger partial charge on any atom is -0.449 e. The van der Waals surface area contributed by atoms with Crippen LogP contribution in [0.1, 0.15) is 34.2 Å². The molecule has 3 aromatic rings. The van der Waals surface area contributed by atoms with E-state index in [1.165, 1.54) is 6.92 Å². The third kappa shape index (κ3) is 3.81. The zero-order valence-corrected chi connectivity index (χ0v) is 15.7. The molecule has 1 atom stereocenters. The van der Waals surface area contributed by atoms with E-state index in [-0.39, 0.29) is 22.8 Å². The molecule has 142 valence electrons. The number of nitrogens with zero attached hydrogens (tertiary/aromatic N) is 2. The van der Waals surface area contributed by atoms with Gasteiger partial charge in [0.15, 0.2) is 6.10 Å². The Labute approximate surface area is 162 Å². The van der Waals surface area contributed by atoms with Gasteiger partial charge in [0.25, 0.3) is 5.91 Å². The Morgan fingerprint density at radius 2 is 1.82 bits per heavy atom. The first-order valence-corrected chi connectivity index (χ1v) is 8.66. The number of carbonyl (C=O) groups excluding carboxylic acids is 2. The minimum absolute atomic E-state index is 0.0150. The third-order valence-corrected chi connectivity index (χ3v) is 4.19. The Kier molecular flexibility index (Phi) is 5.32. The second-order valence-electron chi connectivity index (χ2n) is 6.32. The second-order valence-corrected chi connectivity index (χ2v) is 6.32. The van der Waals surface area contributed by atoms with Crippen molar-refractivity contribution in [3.05, 3.63) is 71.2 Å². The van der Waals surface area contributed by atoms with Gasteiger partial charge in [-0.3, -0.25) is 9.36 Å². The van der Waals surface area contributed by atoms with E-state index in [1.54, 1.807) is 48.1 Å². The van der Waals surface area contributed by atoms with Crippen LogP contribution in [-0.2, 0) is 9.53 Å². The number of rotatable bonds is 5. The standard InChI is InChI=1S/C21H19N3O4/c1-13-6-8-16(9-7-13)23-19(25)15(3)28-21(26)18-14(2)27-20(17(18)12-22)24-10-4-5-11-24/h4-11,15H,1-3H3,(H,23,25)/t15-/m0/s1. The fraction of sp³-hybridized carbons (Fsp3) is 0.190. The van der Waals surface area contributed by atoms with Crippen molar-refractivity contribution < 1.29 is 18.7 Å². The summed E-state index contributed by atoms with van der Waals surface area (Å²) in [6, 6.07) is 12.8. The lowest BCUT2D eigenvalue weighted by Crippen LogP contribution is -2.30. The van der Waals surface area contributed by atoms with Gasteiger partial charge in [-0.25, -0.2) is 4.79 Å². The summed E-state index contributed by atoms with van der Waals surface area (Å²) < 4.78 is 12.5. The predicted molar refractivity (Wildman–Crippen MR) is 102 cm³/mol. The number of anilines is 1. The molecule has 0 aliphatic rings. The van der Waals surface area contributed by atoms with Gasteiger partial charge in [-0.15, -0.1) is 0 Å². The Balaban J connectivity index is 1.76. The van der Waals surface area contributed by atoms with Crippen molar-refractivity contribution in [1.29, 1.82) is 5.26 Å². The van der Waals surface area contributed by atoms with Crippen LogP contribution in [0.15, 0.2) is 53.2 Å². The highest BCUT2D eigenvalue weighted by Crippen LogP contribution is 2.26. The number of nitriles is 1. The first-order valence-electron chi connectivity index (χ1n) is 8.66. The van der Waals surface area contributed by atoms with Gasteiger partial charge >= 0.3 is 5.97 Å². The molecule has 0 fully saturated rings. The van der Waals surface area contributed by atoms with Crippen LogP contribution in [-0.4, -0.2) is 22.5 Å². The maximum atomic E-state index is 12.6. The molecular weight excluding hydrogens is 358 g/mol. The van der Waals surface area contributed by atoms with Crippen LogP contribution in [0.3, 0.4) is 0 Å². The number of carbonyl (C=O) groups is 2.